The summed E-state index contributed by atoms with van der Waals surface area (Å²) in [6, 6.07) is 2.26. The topological polar surface area (TPSA) is 79.5 Å². The summed E-state index contributed by atoms with van der Waals surface area (Å²) in [5.41, 5.74) is 3.12. The van der Waals surface area contributed by atoms with Crippen LogP contribution in [0.5, 0.6) is 0 Å². The van der Waals surface area contributed by atoms with Gasteiger partial charge in [-0.2, -0.15) is 5.10 Å². The second kappa shape index (κ2) is 10.3. The van der Waals surface area contributed by atoms with E-state index in [4.69, 9.17) is 5.11 Å². The van der Waals surface area contributed by atoms with Gasteiger partial charge in [-0.25, -0.2) is 9.50 Å². The third kappa shape index (κ3) is 5.53. The number of nitrogens with zero attached hydrogens (tertiary/aromatic N) is 3. The lowest BCUT2D eigenvalue weighted by atomic mass is 9.95. The van der Waals surface area contributed by atoms with Gasteiger partial charge in [0, 0.05) is 24.0 Å². The van der Waals surface area contributed by atoms with Crippen LogP contribution in [0, 0.1) is 13.8 Å². The Labute approximate surface area is 156 Å². The van der Waals surface area contributed by atoms with Crippen LogP contribution in [0.25, 0.3) is 5.65 Å². The number of aryl methyl sites for hydroxylation is 2. The van der Waals surface area contributed by atoms with E-state index in [0.717, 1.165) is 37.1 Å². The zero-order valence-corrected chi connectivity index (χ0v) is 16.3. The van der Waals surface area contributed by atoms with Gasteiger partial charge in [0.05, 0.1) is 6.20 Å². The molecule has 0 unspecified atom stereocenters. The molecule has 0 bridgehead atoms. The average Bonchev–Trinajstić information content (AvgIpc) is 3.05. The molecule has 6 heteroatoms. The van der Waals surface area contributed by atoms with Crippen molar-refractivity contribution in [2.45, 2.75) is 78.2 Å². The molecule has 0 spiro atoms. The summed E-state index contributed by atoms with van der Waals surface area (Å²) in [5.74, 6) is -0.0515. The molecule has 2 aromatic rings. The number of aliphatic hydroxyl groups is 1. The minimum atomic E-state index is -0.0515. The molecular formula is C20H32N4O2. The Hall–Kier alpha value is -1.95. The largest absolute Gasteiger partial charge is 0.396 e. The van der Waals surface area contributed by atoms with Crippen molar-refractivity contribution in [3.05, 3.63) is 29.2 Å². The first-order valence-electron chi connectivity index (χ1n) is 9.80. The van der Waals surface area contributed by atoms with Crippen molar-refractivity contribution >= 4 is 11.6 Å². The quantitative estimate of drug-likeness (QED) is 0.799. The number of aliphatic hydroxyl groups excluding tert-OH is 1. The monoisotopic (exact) mass is 360 g/mol. The smallest absolute Gasteiger partial charge is 0.256 e. The summed E-state index contributed by atoms with van der Waals surface area (Å²) in [6.07, 6.45) is 10.8. The lowest BCUT2D eigenvalue weighted by Crippen LogP contribution is -2.36. The van der Waals surface area contributed by atoms with Crippen LogP contribution >= 0.6 is 0 Å². The summed E-state index contributed by atoms with van der Waals surface area (Å²) in [4.78, 5) is 16.9. The van der Waals surface area contributed by atoms with Crippen LogP contribution in [0.4, 0.5) is 0 Å². The first kappa shape index (κ1) is 20.4. The van der Waals surface area contributed by atoms with Crippen molar-refractivity contribution in [2.24, 2.45) is 0 Å². The van der Waals surface area contributed by atoms with E-state index in [9.17, 15) is 4.79 Å². The van der Waals surface area contributed by atoms with Crippen LogP contribution < -0.4 is 5.32 Å². The van der Waals surface area contributed by atoms with Crippen molar-refractivity contribution in [1.29, 1.82) is 0 Å². The van der Waals surface area contributed by atoms with E-state index in [1.165, 1.54) is 25.7 Å². The highest BCUT2D eigenvalue weighted by molar-refractivity contribution is 5.99. The molecule has 1 aliphatic rings. The molecule has 2 heterocycles. The van der Waals surface area contributed by atoms with Gasteiger partial charge in [0.25, 0.3) is 5.91 Å². The van der Waals surface area contributed by atoms with E-state index in [2.05, 4.69) is 22.3 Å². The molecule has 1 aliphatic carbocycles. The van der Waals surface area contributed by atoms with Crippen LogP contribution in [0.2, 0.25) is 0 Å². The second-order valence-electron chi connectivity index (χ2n) is 7.07. The van der Waals surface area contributed by atoms with Crippen LogP contribution in [-0.4, -0.2) is 38.3 Å². The van der Waals surface area contributed by atoms with Crippen molar-refractivity contribution < 1.29 is 9.90 Å². The normalized spacial score (nSPS) is 14.8. The molecular weight excluding hydrogens is 328 g/mol. The fourth-order valence-corrected chi connectivity index (χ4v) is 3.30. The van der Waals surface area contributed by atoms with E-state index in [1.807, 2.05) is 19.9 Å². The summed E-state index contributed by atoms with van der Waals surface area (Å²) >= 11 is 0. The molecule has 0 saturated heterocycles. The van der Waals surface area contributed by atoms with Gasteiger partial charge in [-0.15, -0.1) is 0 Å². The maximum absolute atomic E-state index is 12.4. The van der Waals surface area contributed by atoms with Gasteiger partial charge in [-0.3, -0.25) is 4.79 Å². The number of fused-ring (bicyclic) bond motifs is 1. The molecule has 0 aromatic carbocycles. The molecule has 1 saturated carbocycles. The SMILES string of the molecule is CCCCCO.Cc1cc(C)n2ncc(C(=O)NC3CCCCC3)c2n1. The highest BCUT2D eigenvalue weighted by Gasteiger charge is 2.20. The second-order valence-corrected chi connectivity index (χ2v) is 7.07. The zero-order valence-electron chi connectivity index (χ0n) is 16.3. The molecule has 6 nitrogen and oxygen atoms in total. The number of carbonyl (C=O) groups excluding carboxylic acids is 1. The van der Waals surface area contributed by atoms with Crippen LogP contribution in [0.15, 0.2) is 12.3 Å². The minimum absolute atomic E-state index is 0.0515. The number of hydrogen-bond donors (Lipinski definition) is 2. The number of rotatable bonds is 5. The van der Waals surface area contributed by atoms with Crippen molar-refractivity contribution in [3.63, 3.8) is 0 Å². The fraction of sp³-hybridized carbons (Fsp3) is 0.650. The number of carbonyl (C=O) groups is 1. The highest BCUT2D eigenvalue weighted by Crippen LogP contribution is 2.18. The van der Waals surface area contributed by atoms with E-state index < -0.39 is 0 Å². The van der Waals surface area contributed by atoms with E-state index in [1.54, 1.807) is 10.7 Å². The van der Waals surface area contributed by atoms with Crippen molar-refractivity contribution in [2.75, 3.05) is 6.61 Å². The summed E-state index contributed by atoms with van der Waals surface area (Å²) < 4.78 is 1.72. The molecule has 144 valence electrons. The highest BCUT2D eigenvalue weighted by atomic mass is 16.2. The van der Waals surface area contributed by atoms with Gasteiger partial charge in [0.2, 0.25) is 0 Å². The summed E-state index contributed by atoms with van der Waals surface area (Å²) in [6.45, 7) is 6.38. The molecule has 26 heavy (non-hydrogen) atoms. The lowest BCUT2D eigenvalue weighted by Gasteiger charge is -2.22. The Morgan fingerprint density at radius 2 is 2.00 bits per heavy atom. The molecule has 0 atom stereocenters. The van der Waals surface area contributed by atoms with Gasteiger partial charge in [0.15, 0.2) is 5.65 Å². The molecule has 2 aromatic heterocycles. The van der Waals surface area contributed by atoms with Gasteiger partial charge >= 0.3 is 0 Å². The van der Waals surface area contributed by atoms with Crippen LogP contribution in [0.3, 0.4) is 0 Å². The van der Waals surface area contributed by atoms with E-state index in [0.29, 0.717) is 23.9 Å². The Morgan fingerprint density at radius 1 is 1.27 bits per heavy atom. The van der Waals surface area contributed by atoms with Crippen LogP contribution in [0.1, 0.15) is 80.0 Å². The number of amides is 1. The maximum atomic E-state index is 12.4. The van der Waals surface area contributed by atoms with E-state index >= 15 is 0 Å². The molecule has 1 fully saturated rings. The van der Waals surface area contributed by atoms with Crippen LogP contribution in [-0.2, 0) is 0 Å². The number of nitrogens with one attached hydrogen (secondary N) is 1. The number of hydrogen-bond acceptors (Lipinski definition) is 4. The Balaban J connectivity index is 0.000000352. The first-order chi connectivity index (χ1) is 12.6. The third-order valence-corrected chi connectivity index (χ3v) is 4.72. The van der Waals surface area contributed by atoms with Crippen molar-refractivity contribution in [1.82, 2.24) is 19.9 Å². The average molecular weight is 361 g/mol. The Kier molecular flexibility index (Phi) is 8.04. The number of unbranched alkanes of at least 4 members (excludes halogenated alkanes) is 2. The maximum Gasteiger partial charge on any atom is 0.256 e. The van der Waals surface area contributed by atoms with Gasteiger partial charge in [0.1, 0.15) is 5.56 Å². The van der Waals surface area contributed by atoms with E-state index in [-0.39, 0.29) is 5.91 Å². The summed E-state index contributed by atoms with van der Waals surface area (Å²) in [7, 11) is 0. The molecule has 1 amide bonds. The standard InChI is InChI=1S/C15H20N4O.C5H12O/c1-10-8-11(2)19-14(17-10)13(9-16-19)15(20)18-12-6-4-3-5-7-12;1-2-3-4-5-6/h8-9,12H,3-7H2,1-2H3,(H,18,20);6H,2-5H2,1H3. The molecule has 0 radical (unpaired) electrons. The minimum Gasteiger partial charge on any atom is -0.396 e. The van der Waals surface area contributed by atoms with Gasteiger partial charge < -0.3 is 10.4 Å². The molecule has 0 aliphatic heterocycles. The van der Waals surface area contributed by atoms with Gasteiger partial charge in [-0.05, 0) is 39.2 Å². The molecule has 3 rings (SSSR count). The van der Waals surface area contributed by atoms with Crippen molar-refractivity contribution in [3.8, 4) is 0 Å². The third-order valence-electron chi connectivity index (χ3n) is 4.72. The Bertz CT molecular complexity index is 701. The Morgan fingerprint density at radius 3 is 2.62 bits per heavy atom. The fourth-order valence-electron chi connectivity index (χ4n) is 3.30. The predicted molar refractivity (Wildman–Crippen MR) is 103 cm³/mol. The lowest BCUT2D eigenvalue weighted by molar-refractivity contribution is 0.0929. The zero-order chi connectivity index (χ0) is 18.9. The summed E-state index contributed by atoms with van der Waals surface area (Å²) in [5, 5.41) is 15.6. The van der Waals surface area contributed by atoms with Gasteiger partial charge in [-0.1, -0.05) is 39.0 Å². The number of aromatic nitrogens is 3. The predicted octanol–water partition coefficient (Wildman–Crippen LogP) is 3.58. The molecule has 2 N–H and O–H groups in total. The first-order valence-corrected chi connectivity index (χ1v) is 9.80.